The van der Waals surface area contributed by atoms with Crippen molar-refractivity contribution in [2.45, 2.75) is 37.8 Å². The molecule has 0 aromatic heterocycles. The van der Waals surface area contributed by atoms with E-state index in [1.54, 1.807) is 0 Å². The summed E-state index contributed by atoms with van der Waals surface area (Å²) in [5, 5.41) is 12.2. The molecule has 1 heterocycles. The SMILES string of the molecule is O=C(CC1CCCCO1)N[C@H](CO)c1ccccc1. The van der Waals surface area contributed by atoms with E-state index in [1.807, 2.05) is 30.3 Å². The first-order chi connectivity index (χ1) is 9.29. The number of aliphatic hydroxyl groups excluding tert-OH is 1. The molecule has 0 radical (unpaired) electrons. The van der Waals surface area contributed by atoms with Crippen molar-refractivity contribution in [3.05, 3.63) is 35.9 Å². The molecule has 2 atom stereocenters. The Labute approximate surface area is 113 Å². The molecule has 2 rings (SSSR count). The van der Waals surface area contributed by atoms with Gasteiger partial charge in [-0.05, 0) is 24.8 Å². The van der Waals surface area contributed by atoms with Crippen LogP contribution in [-0.4, -0.2) is 30.3 Å². The van der Waals surface area contributed by atoms with Gasteiger partial charge < -0.3 is 15.2 Å². The maximum atomic E-state index is 12.0. The molecule has 4 heteroatoms. The van der Waals surface area contributed by atoms with Gasteiger partial charge in [-0.2, -0.15) is 0 Å². The van der Waals surface area contributed by atoms with E-state index >= 15 is 0 Å². The lowest BCUT2D eigenvalue weighted by atomic mass is 10.0. The molecular formula is C15H21NO3. The van der Waals surface area contributed by atoms with E-state index in [9.17, 15) is 9.90 Å². The fraction of sp³-hybridized carbons (Fsp3) is 0.533. The third kappa shape index (κ3) is 4.33. The Balaban J connectivity index is 1.85. The fourth-order valence-electron chi connectivity index (χ4n) is 2.35. The molecule has 2 N–H and O–H groups in total. The molecule has 1 amide bonds. The molecule has 1 aliphatic rings. The molecule has 1 aromatic rings. The van der Waals surface area contributed by atoms with Crippen molar-refractivity contribution in [3.8, 4) is 0 Å². The second-order valence-corrected chi connectivity index (χ2v) is 4.91. The van der Waals surface area contributed by atoms with Crippen LogP contribution in [0.2, 0.25) is 0 Å². The molecule has 1 aromatic carbocycles. The highest BCUT2D eigenvalue weighted by atomic mass is 16.5. The van der Waals surface area contributed by atoms with Crippen molar-refractivity contribution < 1.29 is 14.6 Å². The monoisotopic (exact) mass is 263 g/mol. The summed E-state index contributed by atoms with van der Waals surface area (Å²) in [6.45, 7) is 0.654. The number of hydrogen-bond donors (Lipinski definition) is 2. The van der Waals surface area contributed by atoms with Gasteiger partial charge >= 0.3 is 0 Å². The molecule has 0 bridgehead atoms. The Kier molecular flexibility index (Phi) is 5.36. The van der Waals surface area contributed by atoms with Gasteiger partial charge in [0, 0.05) is 6.61 Å². The van der Waals surface area contributed by atoms with Gasteiger partial charge in [-0.3, -0.25) is 4.79 Å². The number of aliphatic hydroxyl groups is 1. The topological polar surface area (TPSA) is 58.6 Å². The van der Waals surface area contributed by atoms with E-state index < -0.39 is 0 Å². The molecule has 1 saturated heterocycles. The van der Waals surface area contributed by atoms with Crippen molar-refractivity contribution in [2.24, 2.45) is 0 Å². The Hall–Kier alpha value is -1.39. The third-order valence-corrected chi connectivity index (χ3v) is 3.41. The second kappa shape index (κ2) is 7.26. The molecule has 19 heavy (non-hydrogen) atoms. The van der Waals surface area contributed by atoms with Crippen molar-refractivity contribution in [3.63, 3.8) is 0 Å². The standard InChI is InChI=1S/C15H21NO3/c17-11-14(12-6-2-1-3-7-12)16-15(18)10-13-8-4-5-9-19-13/h1-3,6-7,13-14,17H,4-5,8-11H2,(H,16,18)/t13?,14-/m1/s1. The first kappa shape index (κ1) is 14.0. The maximum Gasteiger partial charge on any atom is 0.223 e. The Morgan fingerprint density at radius 1 is 1.37 bits per heavy atom. The number of amides is 1. The number of nitrogens with one attached hydrogen (secondary N) is 1. The third-order valence-electron chi connectivity index (χ3n) is 3.41. The second-order valence-electron chi connectivity index (χ2n) is 4.91. The van der Waals surface area contributed by atoms with Gasteiger partial charge in [0.05, 0.1) is 25.2 Å². The fourth-order valence-corrected chi connectivity index (χ4v) is 2.35. The summed E-state index contributed by atoms with van der Waals surface area (Å²) < 4.78 is 5.55. The maximum absolute atomic E-state index is 12.0. The molecule has 0 spiro atoms. The normalized spacial score (nSPS) is 20.8. The van der Waals surface area contributed by atoms with E-state index in [1.165, 1.54) is 0 Å². The van der Waals surface area contributed by atoms with Crippen LogP contribution in [0.25, 0.3) is 0 Å². The number of hydrogen-bond acceptors (Lipinski definition) is 3. The van der Waals surface area contributed by atoms with Gasteiger partial charge in [-0.25, -0.2) is 0 Å². The quantitative estimate of drug-likeness (QED) is 0.851. The van der Waals surface area contributed by atoms with Crippen LogP contribution >= 0.6 is 0 Å². The minimum Gasteiger partial charge on any atom is -0.394 e. The van der Waals surface area contributed by atoms with Crippen molar-refractivity contribution >= 4 is 5.91 Å². The van der Waals surface area contributed by atoms with Gasteiger partial charge in [-0.1, -0.05) is 30.3 Å². The van der Waals surface area contributed by atoms with Gasteiger partial charge in [0.25, 0.3) is 0 Å². The summed E-state index contributed by atoms with van der Waals surface area (Å²) in [6.07, 6.45) is 3.57. The summed E-state index contributed by atoms with van der Waals surface area (Å²) in [7, 11) is 0. The minimum atomic E-state index is -0.336. The number of carbonyl (C=O) groups is 1. The number of rotatable bonds is 5. The lowest BCUT2D eigenvalue weighted by Crippen LogP contribution is -2.34. The zero-order valence-electron chi connectivity index (χ0n) is 11.0. The van der Waals surface area contributed by atoms with Crippen molar-refractivity contribution in [2.75, 3.05) is 13.2 Å². The van der Waals surface area contributed by atoms with Crippen LogP contribution in [0.4, 0.5) is 0 Å². The Morgan fingerprint density at radius 2 is 2.16 bits per heavy atom. The van der Waals surface area contributed by atoms with E-state index in [0.29, 0.717) is 6.42 Å². The molecule has 104 valence electrons. The molecule has 1 fully saturated rings. The highest BCUT2D eigenvalue weighted by Gasteiger charge is 2.20. The largest absolute Gasteiger partial charge is 0.394 e. The molecule has 4 nitrogen and oxygen atoms in total. The van der Waals surface area contributed by atoms with Crippen LogP contribution < -0.4 is 5.32 Å². The molecule has 1 aliphatic heterocycles. The highest BCUT2D eigenvalue weighted by Crippen LogP contribution is 2.17. The van der Waals surface area contributed by atoms with Crippen LogP contribution in [0.1, 0.15) is 37.3 Å². The van der Waals surface area contributed by atoms with E-state index in [4.69, 9.17) is 4.74 Å². The van der Waals surface area contributed by atoms with Crippen LogP contribution in [-0.2, 0) is 9.53 Å². The number of ether oxygens (including phenoxy) is 1. The molecule has 0 aliphatic carbocycles. The summed E-state index contributed by atoms with van der Waals surface area (Å²) in [4.78, 5) is 12.0. The van der Waals surface area contributed by atoms with Crippen LogP contribution in [0.15, 0.2) is 30.3 Å². The van der Waals surface area contributed by atoms with E-state index in [0.717, 1.165) is 31.4 Å². The molecule has 1 unspecified atom stereocenters. The average molecular weight is 263 g/mol. The average Bonchev–Trinajstić information content (AvgIpc) is 2.47. The lowest BCUT2D eigenvalue weighted by Gasteiger charge is -2.23. The zero-order chi connectivity index (χ0) is 13.5. The van der Waals surface area contributed by atoms with Gasteiger partial charge in [0.2, 0.25) is 5.91 Å². The first-order valence-corrected chi connectivity index (χ1v) is 6.86. The molecular weight excluding hydrogens is 242 g/mol. The summed E-state index contributed by atoms with van der Waals surface area (Å²) in [5.74, 6) is -0.0604. The van der Waals surface area contributed by atoms with Crippen LogP contribution in [0.3, 0.4) is 0 Å². The lowest BCUT2D eigenvalue weighted by molar-refractivity contribution is -0.125. The Morgan fingerprint density at radius 3 is 2.79 bits per heavy atom. The van der Waals surface area contributed by atoms with E-state index in [-0.39, 0.29) is 24.7 Å². The van der Waals surface area contributed by atoms with Gasteiger partial charge in [0.1, 0.15) is 0 Å². The predicted molar refractivity (Wildman–Crippen MR) is 72.6 cm³/mol. The van der Waals surface area contributed by atoms with Crippen molar-refractivity contribution in [1.29, 1.82) is 0 Å². The summed E-state index contributed by atoms with van der Waals surface area (Å²) in [5.41, 5.74) is 0.919. The van der Waals surface area contributed by atoms with Crippen molar-refractivity contribution in [1.82, 2.24) is 5.32 Å². The van der Waals surface area contributed by atoms with Gasteiger partial charge in [0.15, 0.2) is 0 Å². The summed E-state index contributed by atoms with van der Waals surface area (Å²) in [6, 6.07) is 9.17. The van der Waals surface area contributed by atoms with E-state index in [2.05, 4.69) is 5.32 Å². The number of carbonyl (C=O) groups excluding carboxylic acids is 1. The Bertz CT molecular complexity index is 388. The number of benzene rings is 1. The highest BCUT2D eigenvalue weighted by molar-refractivity contribution is 5.77. The van der Waals surface area contributed by atoms with Crippen LogP contribution in [0.5, 0.6) is 0 Å². The van der Waals surface area contributed by atoms with Gasteiger partial charge in [-0.15, -0.1) is 0 Å². The summed E-state index contributed by atoms with van der Waals surface area (Å²) >= 11 is 0. The smallest absolute Gasteiger partial charge is 0.223 e. The minimum absolute atomic E-state index is 0.0314. The predicted octanol–water partition coefficient (Wildman–Crippen LogP) is 1.80. The zero-order valence-corrected chi connectivity index (χ0v) is 11.0. The van der Waals surface area contributed by atoms with Crippen LogP contribution in [0, 0.1) is 0 Å². The molecule has 0 saturated carbocycles. The first-order valence-electron chi connectivity index (χ1n) is 6.86.